The molecule has 0 fully saturated rings. The lowest BCUT2D eigenvalue weighted by molar-refractivity contribution is -0.122. The average Bonchev–Trinajstić information content (AvgIpc) is 3.43. The molecule has 4 rings (SSSR count). The third-order valence-corrected chi connectivity index (χ3v) is 5.86. The van der Waals surface area contributed by atoms with Crippen LogP contribution in [0.2, 0.25) is 0 Å². The Morgan fingerprint density at radius 1 is 0.714 bits per heavy atom. The van der Waals surface area contributed by atoms with E-state index in [0.29, 0.717) is 32.4 Å². The number of amides is 2. The minimum absolute atomic E-state index is 0. The first-order valence-corrected chi connectivity index (χ1v) is 11.2. The molecule has 0 bridgehead atoms. The Labute approximate surface area is 216 Å². The predicted molar refractivity (Wildman–Crippen MR) is 145 cm³/mol. The average molecular weight is 519 g/mol. The van der Waals surface area contributed by atoms with Gasteiger partial charge in [0.15, 0.2) is 0 Å². The van der Waals surface area contributed by atoms with E-state index in [1.807, 2.05) is 60.9 Å². The lowest BCUT2D eigenvalue weighted by Crippen LogP contribution is -2.44. The van der Waals surface area contributed by atoms with E-state index >= 15 is 0 Å². The molecule has 2 aromatic heterocycles. The third kappa shape index (κ3) is 6.99. The normalized spacial score (nSPS) is 12.4. The van der Waals surface area contributed by atoms with E-state index in [1.165, 1.54) is 0 Å². The summed E-state index contributed by atoms with van der Waals surface area (Å²) in [6.45, 7) is 0.858. The SMILES string of the molecule is Cl.Cl.NC(Cc1c[nH]c2ccccc12)C(=O)NCCCNC(=O)C(N)Cc1c[nH]c2ccccc12. The maximum absolute atomic E-state index is 12.3. The second-order valence-electron chi connectivity index (χ2n) is 8.28. The van der Waals surface area contributed by atoms with Crippen LogP contribution in [0.15, 0.2) is 60.9 Å². The summed E-state index contributed by atoms with van der Waals surface area (Å²) in [5.41, 5.74) is 16.3. The van der Waals surface area contributed by atoms with E-state index in [2.05, 4.69) is 20.6 Å². The van der Waals surface area contributed by atoms with Crippen LogP contribution in [0.25, 0.3) is 21.8 Å². The Morgan fingerprint density at radius 2 is 1.11 bits per heavy atom. The number of H-pyrrole nitrogens is 2. The molecule has 0 saturated heterocycles. The quantitative estimate of drug-likeness (QED) is 0.179. The molecule has 0 aliphatic rings. The van der Waals surface area contributed by atoms with Crippen LogP contribution in [0.5, 0.6) is 0 Å². The summed E-state index contributed by atoms with van der Waals surface area (Å²) >= 11 is 0. The Morgan fingerprint density at radius 3 is 1.54 bits per heavy atom. The molecule has 2 unspecified atom stereocenters. The summed E-state index contributed by atoms with van der Waals surface area (Å²) in [4.78, 5) is 31.1. The van der Waals surface area contributed by atoms with Crippen molar-refractivity contribution in [2.45, 2.75) is 31.3 Å². The third-order valence-electron chi connectivity index (χ3n) is 5.86. The lowest BCUT2D eigenvalue weighted by atomic mass is 10.0. The van der Waals surface area contributed by atoms with Crippen LogP contribution in [-0.2, 0) is 22.4 Å². The fourth-order valence-corrected chi connectivity index (χ4v) is 4.03. The summed E-state index contributed by atoms with van der Waals surface area (Å²) in [6, 6.07) is 14.6. The van der Waals surface area contributed by atoms with Gasteiger partial charge in [-0.05, 0) is 42.5 Å². The zero-order valence-electron chi connectivity index (χ0n) is 19.3. The fraction of sp³-hybridized carbons (Fsp3) is 0.280. The minimum atomic E-state index is -0.636. The number of fused-ring (bicyclic) bond motifs is 2. The topological polar surface area (TPSA) is 142 Å². The van der Waals surface area contributed by atoms with Crippen LogP contribution in [0, 0.1) is 0 Å². The Bertz CT molecular complexity index is 1160. The van der Waals surface area contributed by atoms with Gasteiger partial charge in [0.2, 0.25) is 11.8 Å². The van der Waals surface area contributed by atoms with Crippen LogP contribution < -0.4 is 22.1 Å². The van der Waals surface area contributed by atoms with Crippen molar-refractivity contribution < 1.29 is 9.59 Å². The molecule has 2 aromatic carbocycles. The first-order valence-electron chi connectivity index (χ1n) is 11.2. The van der Waals surface area contributed by atoms with E-state index in [0.717, 1.165) is 32.9 Å². The van der Waals surface area contributed by atoms with E-state index < -0.39 is 12.1 Å². The van der Waals surface area contributed by atoms with Crippen molar-refractivity contribution in [2.75, 3.05) is 13.1 Å². The highest BCUT2D eigenvalue weighted by molar-refractivity contribution is 5.87. The molecule has 0 aliphatic carbocycles. The molecular formula is C25H32Cl2N6O2. The largest absolute Gasteiger partial charge is 0.361 e. The van der Waals surface area contributed by atoms with Gasteiger partial charge in [0.1, 0.15) is 0 Å². The zero-order valence-corrected chi connectivity index (χ0v) is 20.9. The van der Waals surface area contributed by atoms with Gasteiger partial charge in [-0.15, -0.1) is 24.8 Å². The summed E-state index contributed by atoms with van der Waals surface area (Å²) in [5, 5.41) is 7.84. The van der Waals surface area contributed by atoms with Gasteiger partial charge in [-0.25, -0.2) is 0 Å². The fourth-order valence-electron chi connectivity index (χ4n) is 4.03. The molecule has 2 amide bonds. The number of halogens is 2. The molecule has 0 aliphatic heterocycles. The highest BCUT2D eigenvalue weighted by Crippen LogP contribution is 2.19. The predicted octanol–water partition coefficient (Wildman–Crippen LogP) is 2.56. The zero-order chi connectivity index (χ0) is 23.2. The molecule has 35 heavy (non-hydrogen) atoms. The van der Waals surface area contributed by atoms with E-state index in [9.17, 15) is 9.59 Å². The van der Waals surface area contributed by atoms with Gasteiger partial charge in [0.05, 0.1) is 12.1 Å². The monoisotopic (exact) mass is 518 g/mol. The van der Waals surface area contributed by atoms with Crippen molar-refractivity contribution in [2.24, 2.45) is 11.5 Å². The summed E-state index contributed by atoms with van der Waals surface area (Å²) in [5.74, 6) is -0.412. The maximum atomic E-state index is 12.3. The second-order valence-corrected chi connectivity index (χ2v) is 8.28. The number of hydrogen-bond donors (Lipinski definition) is 6. The number of carbonyl (C=O) groups is 2. The Kier molecular flexibility index (Phi) is 10.6. The Hall–Kier alpha value is -3.04. The van der Waals surface area contributed by atoms with Crippen molar-refractivity contribution in [3.8, 4) is 0 Å². The van der Waals surface area contributed by atoms with Gasteiger partial charge in [-0.3, -0.25) is 9.59 Å². The minimum Gasteiger partial charge on any atom is -0.361 e. The van der Waals surface area contributed by atoms with Gasteiger partial charge >= 0.3 is 0 Å². The summed E-state index contributed by atoms with van der Waals surface area (Å²) in [6.07, 6.45) is 5.29. The van der Waals surface area contributed by atoms with Crippen molar-refractivity contribution in [1.29, 1.82) is 0 Å². The van der Waals surface area contributed by atoms with E-state index in [-0.39, 0.29) is 36.6 Å². The molecular weight excluding hydrogens is 487 g/mol. The molecule has 0 spiro atoms. The molecule has 2 heterocycles. The van der Waals surface area contributed by atoms with Crippen molar-refractivity contribution in [1.82, 2.24) is 20.6 Å². The number of nitrogens with one attached hydrogen (secondary N) is 4. The second kappa shape index (κ2) is 13.2. The first-order chi connectivity index (χ1) is 16.0. The molecule has 8 N–H and O–H groups in total. The van der Waals surface area contributed by atoms with E-state index in [1.54, 1.807) is 0 Å². The molecule has 8 nitrogen and oxygen atoms in total. The maximum Gasteiger partial charge on any atom is 0.237 e. The molecule has 188 valence electrons. The van der Waals surface area contributed by atoms with Crippen LogP contribution in [0.4, 0.5) is 0 Å². The highest BCUT2D eigenvalue weighted by Gasteiger charge is 2.17. The number of nitrogens with two attached hydrogens (primary N) is 2. The smallest absolute Gasteiger partial charge is 0.237 e. The molecule has 2 atom stereocenters. The highest BCUT2D eigenvalue weighted by atomic mass is 35.5. The van der Waals surface area contributed by atoms with Crippen LogP contribution in [0.3, 0.4) is 0 Å². The number of aromatic amines is 2. The van der Waals surface area contributed by atoms with Crippen LogP contribution >= 0.6 is 24.8 Å². The number of carbonyl (C=O) groups excluding carboxylic acids is 2. The van der Waals surface area contributed by atoms with Crippen molar-refractivity contribution >= 4 is 58.4 Å². The number of benzene rings is 2. The number of hydrogen-bond acceptors (Lipinski definition) is 4. The molecule has 0 saturated carbocycles. The Balaban J connectivity index is 0.00000216. The number of rotatable bonds is 10. The van der Waals surface area contributed by atoms with Gasteiger partial charge in [-0.2, -0.15) is 0 Å². The standard InChI is InChI=1S/C25H30N6O2.2ClH/c26-20(12-16-14-30-22-8-3-1-6-18(16)22)24(32)28-10-5-11-29-25(33)21(27)13-17-15-31-23-9-4-2-7-19(17)23;;/h1-4,6-9,14-15,20-21,30-31H,5,10-13,26-27H2,(H,28,32)(H,29,33);2*1H. The molecule has 4 aromatic rings. The van der Waals surface area contributed by atoms with Gasteiger partial charge in [0.25, 0.3) is 0 Å². The number of aromatic nitrogens is 2. The number of para-hydroxylation sites is 2. The van der Waals surface area contributed by atoms with Crippen molar-refractivity contribution in [3.63, 3.8) is 0 Å². The van der Waals surface area contributed by atoms with E-state index in [4.69, 9.17) is 11.5 Å². The summed E-state index contributed by atoms with van der Waals surface area (Å²) < 4.78 is 0. The van der Waals surface area contributed by atoms with Gasteiger partial charge in [0, 0.05) is 47.3 Å². The van der Waals surface area contributed by atoms with Crippen LogP contribution in [-0.4, -0.2) is 47.0 Å². The lowest BCUT2D eigenvalue weighted by Gasteiger charge is -2.14. The van der Waals surface area contributed by atoms with Crippen LogP contribution in [0.1, 0.15) is 17.5 Å². The first kappa shape index (κ1) is 28.2. The molecule has 0 radical (unpaired) electrons. The van der Waals surface area contributed by atoms with Gasteiger partial charge < -0.3 is 32.1 Å². The molecule has 10 heteroatoms. The summed E-state index contributed by atoms with van der Waals surface area (Å²) in [7, 11) is 0. The van der Waals surface area contributed by atoms with Gasteiger partial charge in [-0.1, -0.05) is 36.4 Å². The van der Waals surface area contributed by atoms with Crippen molar-refractivity contribution in [3.05, 3.63) is 72.1 Å².